The van der Waals surface area contributed by atoms with Crippen LogP contribution in [0.3, 0.4) is 0 Å². The van der Waals surface area contributed by atoms with Crippen LogP contribution in [0.5, 0.6) is 0 Å². The molecule has 4 aromatic rings. The Morgan fingerprint density at radius 1 is 1.09 bits per heavy atom. The first kappa shape index (κ1) is 22.6. The highest BCUT2D eigenvalue weighted by Gasteiger charge is 2.14. The van der Waals surface area contributed by atoms with E-state index in [2.05, 4.69) is 27.9 Å². The molecule has 0 bridgehead atoms. The normalized spacial score (nSPS) is 14.6. The molecule has 176 valence electrons. The Balaban J connectivity index is 1.21. The van der Waals surface area contributed by atoms with Gasteiger partial charge in [-0.25, -0.2) is 4.98 Å². The molecule has 7 nitrogen and oxygen atoms in total. The fourth-order valence-electron chi connectivity index (χ4n) is 4.59. The van der Waals surface area contributed by atoms with E-state index in [0.29, 0.717) is 16.1 Å². The largest absolute Gasteiger partial charge is 0.451 e. The summed E-state index contributed by atoms with van der Waals surface area (Å²) in [6.45, 7) is 2.10. The summed E-state index contributed by atoms with van der Waals surface area (Å²) in [4.78, 5) is 29.5. The first-order valence-corrected chi connectivity index (χ1v) is 12.1. The standard InChI is InChI=1S/C26H27ClN4O3/c27-19-7-8-21-22(32)11-24(34-23(21)10-19)26(33)29-14-20-16-31-15-18(6-9-25(31)30-20)13-28-12-17-4-2-1-3-5-17/h6-11,15-17,28H,1-5,12-14H2,(H,29,33). The predicted molar refractivity (Wildman–Crippen MR) is 132 cm³/mol. The molecule has 0 unspecified atom stereocenters. The fraction of sp³-hybridized carbons (Fsp3) is 0.346. The summed E-state index contributed by atoms with van der Waals surface area (Å²) >= 11 is 5.98. The van der Waals surface area contributed by atoms with E-state index in [1.165, 1.54) is 49.8 Å². The Morgan fingerprint density at radius 3 is 2.79 bits per heavy atom. The average molecular weight is 479 g/mol. The van der Waals surface area contributed by atoms with Crippen molar-refractivity contribution in [1.29, 1.82) is 0 Å². The lowest BCUT2D eigenvalue weighted by Crippen LogP contribution is -2.24. The molecule has 0 aliphatic heterocycles. The molecular formula is C26H27ClN4O3. The van der Waals surface area contributed by atoms with Crippen LogP contribution in [0.4, 0.5) is 0 Å². The number of amides is 1. The van der Waals surface area contributed by atoms with E-state index in [-0.39, 0.29) is 23.3 Å². The molecule has 1 fully saturated rings. The van der Waals surface area contributed by atoms with Crippen molar-refractivity contribution in [1.82, 2.24) is 20.0 Å². The van der Waals surface area contributed by atoms with Crippen molar-refractivity contribution in [3.8, 4) is 0 Å². The van der Waals surface area contributed by atoms with Gasteiger partial charge in [-0.1, -0.05) is 36.9 Å². The third-order valence-electron chi connectivity index (χ3n) is 6.39. The molecule has 0 spiro atoms. The molecule has 0 radical (unpaired) electrons. The summed E-state index contributed by atoms with van der Waals surface area (Å²) in [6, 6.07) is 9.98. The van der Waals surface area contributed by atoms with Crippen LogP contribution >= 0.6 is 11.6 Å². The molecule has 1 amide bonds. The van der Waals surface area contributed by atoms with Crippen LogP contribution in [0.25, 0.3) is 16.6 Å². The number of hydrogen-bond acceptors (Lipinski definition) is 5. The van der Waals surface area contributed by atoms with Gasteiger partial charge in [0.15, 0.2) is 11.2 Å². The Labute approximate surface area is 202 Å². The van der Waals surface area contributed by atoms with E-state index in [1.807, 2.05) is 16.7 Å². The molecule has 0 saturated heterocycles. The zero-order chi connectivity index (χ0) is 23.5. The number of hydrogen-bond donors (Lipinski definition) is 2. The Hall–Kier alpha value is -3.16. The Morgan fingerprint density at radius 2 is 1.94 bits per heavy atom. The molecule has 3 aromatic heterocycles. The van der Waals surface area contributed by atoms with Crippen molar-refractivity contribution < 1.29 is 9.21 Å². The maximum Gasteiger partial charge on any atom is 0.287 e. The number of aromatic nitrogens is 2. The third kappa shape index (κ3) is 5.16. The molecule has 1 aromatic carbocycles. The van der Waals surface area contributed by atoms with Crippen LogP contribution in [-0.4, -0.2) is 21.8 Å². The van der Waals surface area contributed by atoms with Crippen LogP contribution < -0.4 is 16.1 Å². The van der Waals surface area contributed by atoms with E-state index in [9.17, 15) is 9.59 Å². The third-order valence-corrected chi connectivity index (χ3v) is 6.63. The van der Waals surface area contributed by atoms with Crippen molar-refractivity contribution in [3.05, 3.63) is 81.1 Å². The van der Waals surface area contributed by atoms with Crippen LogP contribution in [0.15, 0.2) is 58.0 Å². The second-order valence-corrected chi connectivity index (χ2v) is 9.40. The highest BCUT2D eigenvalue weighted by Crippen LogP contribution is 2.23. The number of halogens is 1. The van der Waals surface area contributed by atoms with Crippen molar-refractivity contribution in [2.24, 2.45) is 5.92 Å². The number of carbonyl (C=O) groups excluding carboxylic acids is 1. The number of imidazole rings is 1. The number of fused-ring (bicyclic) bond motifs is 2. The zero-order valence-electron chi connectivity index (χ0n) is 18.9. The van der Waals surface area contributed by atoms with Crippen molar-refractivity contribution in [3.63, 3.8) is 0 Å². The molecule has 2 N–H and O–H groups in total. The van der Waals surface area contributed by atoms with Crippen LogP contribution in [-0.2, 0) is 13.1 Å². The second-order valence-electron chi connectivity index (χ2n) is 8.97. The van der Waals surface area contributed by atoms with Gasteiger partial charge in [0.2, 0.25) is 0 Å². The molecule has 3 heterocycles. The Bertz CT molecular complexity index is 1390. The summed E-state index contributed by atoms with van der Waals surface area (Å²) in [6.07, 6.45) is 10.7. The van der Waals surface area contributed by atoms with Gasteiger partial charge in [-0.2, -0.15) is 0 Å². The lowest BCUT2D eigenvalue weighted by atomic mass is 9.89. The minimum Gasteiger partial charge on any atom is -0.451 e. The molecule has 5 rings (SSSR count). The second kappa shape index (κ2) is 9.99. The van der Waals surface area contributed by atoms with Crippen molar-refractivity contribution >= 4 is 34.1 Å². The van der Waals surface area contributed by atoms with E-state index in [4.69, 9.17) is 16.0 Å². The summed E-state index contributed by atoms with van der Waals surface area (Å²) in [5.41, 5.74) is 2.70. The lowest BCUT2D eigenvalue weighted by molar-refractivity contribution is 0.0923. The van der Waals surface area contributed by atoms with E-state index >= 15 is 0 Å². The summed E-state index contributed by atoms with van der Waals surface area (Å²) in [5, 5.41) is 7.17. The molecule has 8 heteroatoms. The number of benzene rings is 1. The number of carbonyl (C=O) groups is 1. The minimum absolute atomic E-state index is 0.0603. The molecule has 0 atom stereocenters. The van der Waals surface area contributed by atoms with Gasteiger partial charge in [0.05, 0.1) is 17.6 Å². The van der Waals surface area contributed by atoms with E-state index < -0.39 is 5.91 Å². The summed E-state index contributed by atoms with van der Waals surface area (Å²) < 4.78 is 7.57. The Kier molecular flexibility index (Phi) is 6.65. The molecular weight excluding hydrogens is 452 g/mol. The maximum atomic E-state index is 12.6. The predicted octanol–water partition coefficient (Wildman–Crippen LogP) is 4.69. The van der Waals surface area contributed by atoms with Crippen molar-refractivity contribution in [2.75, 3.05) is 6.54 Å². The number of nitrogens with one attached hydrogen (secondary N) is 2. The number of pyridine rings is 1. The SMILES string of the molecule is O=C(NCc1cn2cc(CNCC3CCCCC3)ccc2n1)c1cc(=O)c2ccc(Cl)cc2o1. The maximum absolute atomic E-state index is 12.6. The minimum atomic E-state index is -0.483. The van der Waals surface area contributed by atoms with Gasteiger partial charge < -0.3 is 19.5 Å². The molecule has 1 aliphatic rings. The molecule has 1 aliphatic carbocycles. The monoisotopic (exact) mass is 478 g/mol. The highest BCUT2D eigenvalue weighted by atomic mass is 35.5. The smallest absolute Gasteiger partial charge is 0.287 e. The fourth-order valence-corrected chi connectivity index (χ4v) is 4.75. The average Bonchev–Trinajstić information content (AvgIpc) is 3.25. The van der Waals surface area contributed by atoms with Gasteiger partial charge in [0.25, 0.3) is 5.91 Å². The van der Waals surface area contributed by atoms with Gasteiger partial charge in [0.1, 0.15) is 11.2 Å². The highest BCUT2D eigenvalue weighted by molar-refractivity contribution is 6.31. The van der Waals surface area contributed by atoms with Gasteiger partial charge in [-0.05, 0) is 49.1 Å². The van der Waals surface area contributed by atoms with Crippen molar-refractivity contribution in [2.45, 2.75) is 45.2 Å². The van der Waals surface area contributed by atoms with Gasteiger partial charge in [0, 0.05) is 36.1 Å². The van der Waals surface area contributed by atoms with Crippen LogP contribution in [0.1, 0.15) is 53.9 Å². The van der Waals surface area contributed by atoms with E-state index in [1.54, 1.807) is 12.1 Å². The zero-order valence-corrected chi connectivity index (χ0v) is 19.6. The summed E-state index contributed by atoms with van der Waals surface area (Å²) in [7, 11) is 0. The first-order valence-electron chi connectivity index (χ1n) is 11.7. The topological polar surface area (TPSA) is 88.6 Å². The molecule has 34 heavy (non-hydrogen) atoms. The van der Waals surface area contributed by atoms with Gasteiger partial charge >= 0.3 is 0 Å². The lowest BCUT2D eigenvalue weighted by Gasteiger charge is -2.21. The van der Waals surface area contributed by atoms with Crippen LogP contribution in [0, 0.1) is 5.92 Å². The van der Waals surface area contributed by atoms with E-state index in [0.717, 1.165) is 24.7 Å². The van der Waals surface area contributed by atoms with Crippen LogP contribution in [0.2, 0.25) is 5.02 Å². The molecule has 1 saturated carbocycles. The van der Waals surface area contributed by atoms with Gasteiger partial charge in [-0.15, -0.1) is 0 Å². The quantitative estimate of drug-likeness (QED) is 0.402. The van der Waals surface area contributed by atoms with Gasteiger partial charge in [-0.3, -0.25) is 9.59 Å². The number of rotatable bonds is 7. The number of nitrogens with zero attached hydrogens (tertiary/aromatic N) is 2. The first-order chi connectivity index (χ1) is 16.5. The summed E-state index contributed by atoms with van der Waals surface area (Å²) in [5.74, 6) is 0.253.